The van der Waals surface area contributed by atoms with Crippen molar-refractivity contribution >= 4 is 11.9 Å². The van der Waals surface area contributed by atoms with Gasteiger partial charge < -0.3 is 25.0 Å². The van der Waals surface area contributed by atoms with Crippen molar-refractivity contribution in [3.63, 3.8) is 0 Å². The van der Waals surface area contributed by atoms with Gasteiger partial charge in [-0.25, -0.2) is 4.79 Å². The maximum absolute atomic E-state index is 12.3. The molecule has 0 aromatic carbocycles. The summed E-state index contributed by atoms with van der Waals surface area (Å²) in [6.07, 6.45) is 1.20. The van der Waals surface area contributed by atoms with Crippen LogP contribution in [0.1, 0.15) is 26.2 Å². The fourth-order valence-corrected chi connectivity index (χ4v) is 4.20. The summed E-state index contributed by atoms with van der Waals surface area (Å²) in [5.74, 6) is -2.05. The highest BCUT2D eigenvalue weighted by molar-refractivity contribution is 6.00. The van der Waals surface area contributed by atoms with Crippen molar-refractivity contribution in [2.75, 3.05) is 13.2 Å². The molecule has 1 aliphatic carbocycles. The number of aliphatic hydroxyl groups excluding tert-OH is 2. The average molecular weight is 311 g/mol. The predicted molar refractivity (Wildman–Crippen MR) is 74.6 cm³/mol. The Morgan fingerprint density at radius 3 is 2.77 bits per heavy atom. The number of hydrogen-bond donors (Lipinski definition) is 3. The van der Waals surface area contributed by atoms with E-state index in [2.05, 4.69) is 0 Å². The van der Waals surface area contributed by atoms with Crippen LogP contribution in [0.3, 0.4) is 0 Å². The van der Waals surface area contributed by atoms with E-state index in [1.54, 1.807) is 6.92 Å². The van der Waals surface area contributed by atoms with Crippen LogP contribution in [0.2, 0.25) is 0 Å². The van der Waals surface area contributed by atoms with E-state index in [-0.39, 0.29) is 42.9 Å². The normalized spacial score (nSPS) is 35.0. The highest BCUT2D eigenvalue weighted by Crippen LogP contribution is 2.52. The van der Waals surface area contributed by atoms with Gasteiger partial charge in [0.2, 0.25) is 5.91 Å². The van der Waals surface area contributed by atoms with Gasteiger partial charge in [0.15, 0.2) is 0 Å². The minimum atomic E-state index is -1.13. The number of carboxylic acids is 1. The van der Waals surface area contributed by atoms with E-state index in [1.807, 2.05) is 0 Å². The van der Waals surface area contributed by atoms with Gasteiger partial charge in [0.05, 0.1) is 37.4 Å². The molecule has 2 aliphatic heterocycles. The van der Waals surface area contributed by atoms with Crippen LogP contribution in [0.15, 0.2) is 11.3 Å². The van der Waals surface area contributed by atoms with E-state index in [0.717, 1.165) is 12.8 Å². The first-order chi connectivity index (χ1) is 10.5. The van der Waals surface area contributed by atoms with E-state index in [0.29, 0.717) is 12.0 Å². The molecule has 1 saturated carbocycles. The fraction of sp³-hybridized carbons (Fsp3) is 0.733. The number of aliphatic hydroxyl groups is 2. The summed E-state index contributed by atoms with van der Waals surface area (Å²) in [6, 6.07) is -0.269. The predicted octanol–water partition coefficient (Wildman–Crippen LogP) is -0.276. The van der Waals surface area contributed by atoms with Crippen LogP contribution in [0.5, 0.6) is 0 Å². The monoisotopic (exact) mass is 311 g/mol. The number of β-lactam (4-membered cyclic amide) rings is 1. The maximum Gasteiger partial charge on any atom is 0.352 e. The molecule has 3 N–H and O–H groups in total. The summed E-state index contributed by atoms with van der Waals surface area (Å²) in [4.78, 5) is 25.3. The summed E-state index contributed by atoms with van der Waals surface area (Å²) in [5.41, 5.74) is 0.688. The Balaban J connectivity index is 1.97. The lowest BCUT2D eigenvalue weighted by Crippen LogP contribution is -2.64. The molecule has 1 saturated heterocycles. The van der Waals surface area contributed by atoms with Crippen molar-refractivity contribution in [3.05, 3.63) is 11.3 Å². The van der Waals surface area contributed by atoms with Gasteiger partial charge in [0, 0.05) is 5.92 Å². The van der Waals surface area contributed by atoms with Gasteiger partial charge >= 0.3 is 5.97 Å². The third-order valence-electron chi connectivity index (χ3n) is 4.98. The van der Waals surface area contributed by atoms with E-state index in [9.17, 15) is 19.8 Å². The van der Waals surface area contributed by atoms with Gasteiger partial charge in [0.1, 0.15) is 5.70 Å². The SMILES string of the molecule is C[C@@H](O)[C@H]1C(=O)N2C(C(=O)O)=C3[C@@H](OCCO)CCC[C@@H]3[C@H]12. The molecule has 0 spiro atoms. The number of fused-ring (bicyclic) bond motifs is 3. The molecule has 0 bridgehead atoms. The second kappa shape index (κ2) is 5.64. The van der Waals surface area contributed by atoms with Crippen molar-refractivity contribution in [2.24, 2.45) is 11.8 Å². The zero-order valence-corrected chi connectivity index (χ0v) is 12.4. The molecule has 0 radical (unpaired) electrons. The minimum Gasteiger partial charge on any atom is -0.477 e. The van der Waals surface area contributed by atoms with Crippen molar-refractivity contribution in [1.82, 2.24) is 4.90 Å². The van der Waals surface area contributed by atoms with Crippen LogP contribution in [0.25, 0.3) is 0 Å². The van der Waals surface area contributed by atoms with Crippen LogP contribution in [-0.2, 0) is 14.3 Å². The molecule has 2 fully saturated rings. The van der Waals surface area contributed by atoms with E-state index in [1.165, 1.54) is 4.90 Å². The second-order valence-electron chi connectivity index (χ2n) is 6.19. The number of aliphatic carboxylic acids is 1. The van der Waals surface area contributed by atoms with Gasteiger partial charge in [-0.3, -0.25) is 4.79 Å². The molecule has 0 aromatic rings. The lowest BCUT2D eigenvalue weighted by molar-refractivity contribution is -0.163. The number of carbonyl (C=O) groups excluding carboxylic acids is 1. The van der Waals surface area contributed by atoms with Crippen LogP contribution in [-0.4, -0.2) is 63.6 Å². The zero-order valence-electron chi connectivity index (χ0n) is 12.4. The Morgan fingerprint density at radius 2 is 2.18 bits per heavy atom. The molecule has 5 atom stereocenters. The summed E-state index contributed by atoms with van der Waals surface area (Å²) >= 11 is 0. The highest BCUT2D eigenvalue weighted by atomic mass is 16.5. The van der Waals surface area contributed by atoms with Crippen LogP contribution >= 0.6 is 0 Å². The highest BCUT2D eigenvalue weighted by Gasteiger charge is 2.62. The number of hydrogen-bond acceptors (Lipinski definition) is 5. The first kappa shape index (κ1) is 15.5. The third-order valence-corrected chi connectivity index (χ3v) is 4.98. The third kappa shape index (κ3) is 2.07. The fourth-order valence-electron chi connectivity index (χ4n) is 4.20. The smallest absolute Gasteiger partial charge is 0.352 e. The Bertz CT molecular complexity index is 528. The molecule has 1 amide bonds. The van der Waals surface area contributed by atoms with E-state index < -0.39 is 18.0 Å². The molecule has 0 aromatic heterocycles. The number of nitrogens with zero attached hydrogens (tertiary/aromatic N) is 1. The Hall–Kier alpha value is -1.44. The molecule has 0 unspecified atom stereocenters. The standard InChI is InChI=1S/C15H21NO6/c1-7(18)10-12-8-3-2-4-9(22-6-5-17)11(8)13(15(20)21)16(12)14(10)19/h7-10,12,17-18H,2-6H2,1H3,(H,20,21)/t7-,8+,9+,10-,12-/m1/s1. The molecule has 2 heterocycles. The number of carboxylic acid groups (broad SMARTS) is 1. The summed E-state index contributed by atoms with van der Waals surface area (Å²) < 4.78 is 5.61. The average Bonchev–Trinajstić information content (AvgIpc) is 2.76. The number of carbonyl (C=O) groups is 2. The lowest BCUT2D eigenvalue weighted by atomic mass is 9.71. The van der Waals surface area contributed by atoms with Gasteiger partial charge in [-0.15, -0.1) is 0 Å². The topological polar surface area (TPSA) is 107 Å². The quantitative estimate of drug-likeness (QED) is 0.603. The first-order valence-corrected chi connectivity index (χ1v) is 7.70. The summed E-state index contributed by atoms with van der Waals surface area (Å²) in [6.45, 7) is 1.59. The Labute approximate surface area is 128 Å². The molecule has 7 nitrogen and oxygen atoms in total. The zero-order chi connectivity index (χ0) is 16.0. The van der Waals surface area contributed by atoms with E-state index >= 15 is 0 Å². The van der Waals surface area contributed by atoms with Gasteiger partial charge in [-0.1, -0.05) is 0 Å². The van der Waals surface area contributed by atoms with Gasteiger partial charge in [-0.2, -0.15) is 0 Å². The van der Waals surface area contributed by atoms with Crippen LogP contribution in [0, 0.1) is 11.8 Å². The Kier molecular flexibility index (Phi) is 3.96. The maximum atomic E-state index is 12.3. The minimum absolute atomic E-state index is 0.0274. The molecular formula is C15H21NO6. The summed E-state index contributed by atoms with van der Waals surface area (Å²) in [5, 5.41) is 28.3. The first-order valence-electron chi connectivity index (χ1n) is 7.70. The number of rotatable bonds is 5. The van der Waals surface area contributed by atoms with Crippen molar-refractivity contribution < 1.29 is 29.6 Å². The van der Waals surface area contributed by atoms with Crippen LogP contribution < -0.4 is 0 Å². The largest absolute Gasteiger partial charge is 0.477 e. The molecule has 3 rings (SSSR count). The van der Waals surface area contributed by atoms with Crippen molar-refractivity contribution in [1.29, 1.82) is 0 Å². The van der Waals surface area contributed by atoms with Gasteiger partial charge in [0.25, 0.3) is 0 Å². The molecule has 122 valence electrons. The number of ether oxygens (including phenoxy) is 1. The van der Waals surface area contributed by atoms with Crippen molar-refractivity contribution in [2.45, 2.75) is 44.4 Å². The number of amides is 1. The summed E-state index contributed by atoms with van der Waals surface area (Å²) in [7, 11) is 0. The van der Waals surface area contributed by atoms with Gasteiger partial charge in [-0.05, 0) is 31.8 Å². The Morgan fingerprint density at radius 1 is 1.45 bits per heavy atom. The van der Waals surface area contributed by atoms with E-state index in [4.69, 9.17) is 9.84 Å². The molecular weight excluding hydrogens is 290 g/mol. The molecule has 3 aliphatic rings. The van der Waals surface area contributed by atoms with Crippen molar-refractivity contribution in [3.8, 4) is 0 Å². The molecule has 22 heavy (non-hydrogen) atoms. The second-order valence-corrected chi connectivity index (χ2v) is 6.19. The lowest BCUT2D eigenvalue weighted by Gasteiger charge is -2.47. The van der Waals surface area contributed by atoms with Crippen LogP contribution in [0.4, 0.5) is 0 Å². The molecule has 7 heteroatoms.